The van der Waals surface area contributed by atoms with Crippen LogP contribution in [-0.4, -0.2) is 11.1 Å². The summed E-state index contributed by atoms with van der Waals surface area (Å²) in [7, 11) is 0. The van der Waals surface area contributed by atoms with Crippen LogP contribution in [0, 0.1) is 6.92 Å². The minimum absolute atomic E-state index is 0.163. The van der Waals surface area contributed by atoms with Gasteiger partial charge in [-0.25, -0.2) is 4.79 Å². The summed E-state index contributed by atoms with van der Waals surface area (Å²) in [6, 6.07) is 16.9. The molecule has 0 aromatic heterocycles. The Labute approximate surface area is 128 Å². The van der Waals surface area contributed by atoms with Gasteiger partial charge in [-0.2, -0.15) is 5.10 Å². The molecule has 0 spiro atoms. The lowest BCUT2D eigenvalue weighted by molar-refractivity contribution is -0.136. The fourth-order valence-corrected chi connectivity index (χ4v) is 1.67. The van der Waals surface area contributed by atoms with E-state index in [-0.39, 0.29) is 11.8 Å². The number of nitrogens with one attached hydrogen (secondary N) is 1. The second kappa shape index (κ2) is 7.45. The summed E-state index contributed by atoms with van der Waals surface area (Å²) >= 11 is 5.79. The van der Waals surface area contributed by atoms with Crippen molar-refractivity contribution in [1.82, 2.24) is 0 Å². The number of benzene rings is 2. The molecule has 0 aliphatic heterocycles. The van der Waals surface area contributed by atoms with Crippen molar-refractivity contribution in [3.8, 4) is 0 Å². The Kier molecular flexibility index (Phi) is 5.35. The molecule has 0 bridgehead atoms. The van der Waals surface area contributed by atoms with E-state index in [0.717, 1.165) is 16.8 Å². The van der Waals surface area contributed by atoms with Crippen LogP contribution < -0.4 is 5.43 Å². The van der Waals surface area contributed by atoms with Gasteiger partial charge in [0, 0.05) is 0 Å². The van der Waals surface area contributed by atoms with E-state index < -0.39 is 5.97 Å². The monoisotopic (exact) mass is 302 g/mol. The normalized spacial score (nSPS) is 11.0. The number of halogens is 1. The Morgan fingerprint density at radius 3 is 2.48 bits per heavy atom. The fraction of sp³-hybridized carbons (Fsp3) is 0.125. The molecule has 0 aliphatic carbocycles. The molecule has 0 saturated carbocycles. The van der Waals surface area contributed by atoms with Crippen molar-refractivity contribution in [2.24, 2.45) is 5.10 Å². The fourth-order valence-electron chi connectivity index (χ4n) is 1.57. The first kappa shape index (κ1) is 15.1. The van der Waals surface area contributed by atoms with E-state index in [0.29, 0.717) is 0 Å². The highest BCUT2D eigenvalue weighted by Crippen LogP contribution is 2.09. The van der Waals surface area contributed by atoms with Crippen LogP contribution in [-0.2, 0) is 16.1 Å². The molecule has 21 heavy (non-hydrogen) atoms. The van der Waals surface area contributed by atoms with Crippen molar-refractivity contribution in [2.45, 2.75) is 13.5 Å². The van der Waals surface area contributed by atoms with E-state index in [9.17, 15) is 4.79 Å². The summed E-state index contributed by atoms with van der Waals surface area (Å²) in [6.45, 7) is 2.15. The van der Waals surface area contributed by atoms with Gasteiger partial charge < -0.3 is 4.74 Å². The molecule has 0 unspecified atom stereocenters. The number of anilines is 1. The van der Waals surface area contributed by atoms with Crippen LogP contribution in [0.4, 0.5) is 5.69 Å². The second-order valence-electron chi connectivity index (χ2n) is 4.44. The zero-order valence-electron chi connectivity index (χ0n) is 11.5. The highest BCUT2D eigenvalue weighted by atomic mass is 35.5. The number of esters is 1. The molecule has 0 aliphatic rings. The lowest BCUT2D eigenvalue weighted by atomic mass is 10.2. The standard InChI is InChI=1S/C16H15ClN2O2/c1-12-7-9-14(10-8-12)18-19-15(17)16(20)21-11-13-5-3-2-4-6-13/h2-10,18H,11H2,1H3/b19-15+. The third-order valence-corrected chi connectivity index (χ3v) is 2.95. The van der Waals surface area contributed by atoms with Crippen LogP contribution in [0.25, 0.3) is 0 Å². The maximum Gasteiger partial charge on any atom is 0.371 e. The highest BCUT2D eigenvalue weighted by molar-refractivity contribution is 6.82. The van der Waals surface area contributed by atoms with Crippen LogP contribution in [0.3, 0.4) is 0 Å². The van der Waals surface area contributed by atoms with Crippen molar-refractivity contribution in [2.75, 3.05) is 5.43 Å². The first-order valence-electron chi connectivity index (χ1n) is 6.42. The Hall–Kier alpha value is -2.33. The molecule has 2 aromatic carbocycles. The van der Waals surface area contributed by atoms with Gasteiger partial charge >= 0.3 is 5.97 Å². The molecule has 0 saturated heterocycles. The number of nitrogens with zero attached hydrogens (tertiary/aromatic N) is 1. The lowest BCUT2D eigenvalue weighted by Gasteiger charge is -2.04. The van der Waals surface area contributed by atoms with Gasteiger partial charge in [0.2, 0.25) is 5.17 Å². The largest absolute Gasteiger partial charge is 0.455 e. The second-order valence-corrected chi connectivity index (χ2v) is 4.80. The van der Waals surface area contributed by atoms with Crippen molar-refractivity contribution < 1.29 is 9.53 Å². The quantitative estimate of drug-likeness (QED) is 0.520. The number of ether oxygens (including phenoxy) is 1. The smallest absolute Gasteiger partial charge is 0.371 e. The summed E-state index contributed by atoms with van der Waals surface area (Å²) in [4.78, 5) is 11.7. The molecule has 2 aromatic rings. The van der Waals surface area contributed by atoms with Gasteiger partial charge in [-0.05, 0) is 24.6 Å². The molecule has 1 N–H and O–H groups in total. The van der Waals surface area contributed by atoms with Gasteiger partial charge in [0.1, 0.15) is 6.61 Å². The average Bonchev–Trinajstić information content (AvgIpc) is 2.52. The van der Waals surface area contributed by atoms with Gasteiger partial charge in [0.05, 0.1) is 5.69 Å². The van der Waals surface area contributed by atoms with Crippen molar-refractivity contribution in [1.29, 1.82) is 0 Å². The van der Waals surface area contributed by atoms with E-state index in [2.05, 4.69) is 10.5 Å². The van der Waals surface area contributed by atoms with Crippen LogP contribution in [0.15, 0.2) is 59.7 Å². The minimum atomic E-state index is -0.667. The number of hydrogen-bond donors (Lipinski definition) is 1. The van der Waals surface area contributed by atoms with Crippen LogP contribution in [0.5, 0.6) is 0 Å². The third-order valence-electron chi connectivity index (χ3n) is 2.72. The maximum atomic E-state index is 11.7. The number of rotatable bonds is 5. The van der Waals surface area contributed by atoms with Crippen molar-refractivity contribution in [3.05, 3.63) is 65.7 Å². The van der Waals surface area contributed by atoms with Gasteiger partial charge in [0.25, 0.3) is 0 Å². The summed E-state index contributed by atoms with van der Waals surface area (Å²) in [5, 5.41) is 3.55. The molecular weight excluding hydrogens is 288 g/mol. The summed E-state index contributed by atoms with van der Waals surface area (Å²) in [5.74, 6) is -0.667. The molecule has 0 heterocycles. The Morgan fingerprint density at radius 2 is 1.81 bits per heavy atom. The number of hydrazone groups is 1. The first-order chi connectivity index (χ1) is 10.1. The zero-order chi connectivity index (χ0) is 15.1. The summed E-state index contributed by atoms with van der Waals surface area (Å²) < 4.78 is 5.06. The summed E-state index contributed by atoms with van der Waals surface area (Å²) in [6.07, 6.45) is 0. The maximum absolute atomic E-state index is 11.7. The first-order valence-corrected chi connectivity index (χ1v) is 6.80. The van der Waals surface area contributed by atoms with Gasteiger partial charge in [-0.15, -0.1) is 0 Å². The van der Waals surface area contributed by atoms with Gasteiger partial charge in [-0.3, -0.25) is 5.43 Å². The van der Waals surface area contributed by atoms with Crippen LogP contribution >= 0.6 is 11.6 Å². The van der Waals surface area contributed by atoms with E-state index >= 15 is 0 Å². The number of aryl methyl sites for hydroxylation is 1. The third kappa shape index (κ3) is 4.93. The van der Waals surface area contributed by atoms with Crippen LogP contribution in [0.1, 0.15) is 11.1 Å². The highest BCUT2D eigenvalue weighted by Gasteiger charge is 2.10. The molecule has 0 radical (unpaired) electrons. The van der Waals surface area contributed by atoms with E-state index in [1.807, 2.05) is 61.5 Å². The Balaban J connectivity index is 1.86. The molecular formula is C16H15ClN2O2. The molecule has 108 valence electrons. The number of carbonyl (C=O) groups excluding carboxylic acids is 1. The topological polar surface area (TPSA) is 50.7 Å². The van der Waals surface area contributed by atoms with Crippen LogP contribution in [0.2, 0.25) is 0 Å². The minimum Gasteiger partial charge on any atom is -0.455 e. The SMILES string of the molecule is Cc1ccc(N/N=C(/Cl)C(=O)OCc2ccccc2)cc1. The van der Waals surface area contributed by atoms with Crippen molar-refractivity contribution in [3.63, 3.8) is 0 Å². The van der Waals surface area contributed by atoms with Gasteiger partial charge in [-0.1, -0.05) is 59.6 Å². The van der Waals surface area contributed by atoms with Gasteiger partial charge in [0.15, 0.2) is 0 Å². The number of hydrogen-bond acceptors (Lipinski definition) is 4. The molecule has 0 fully saturated rings. The Morgan fingerprint density at radius 1 is 1.14 bits per heavy atom. The van der Waals surface area contributed by atoms with Crippen molar-refractivity contribution >= 4 is 28.4 Å². The average molecular weight is 303 g/mol. The van der Waals surface area contributed by atoms with E-state index in [1.165, 1.54) is 0 Å². The predicted molar refractivity (Wildman–Crippen MR) is 84.3 cm³/mol. The lowest BCUT2D eigenvalue weighted by Crippen LogP contribution is -2.13. The molecule has 0 amide bonds. The Bertz CT molecular complexity index is 624. The summed E-state index contributed by atoms with van der Waals surface area (Å²) in [5.41, 5.74) is 5.48. The number of carbonyl (C=O) groups is 1. The molecule has 2 rings (SSSR count). The molecule has 0 atom stereocenters. The predicted octanol–water partition coefficient (Wildman–Crippen LogP) is 3.70. The molecule has 5 heteroatoms. The zero-order valence-corrected chi connectivity index (χ0v) is 12.3. The van der Waals surface area contributed by atoms with E-state index in [4.69, 9.17) is 16.3 Å². The molecule has 4 nitrogen and oxygen atoms in total. The van der Waals surface area contributed by atoms with E-state index in [1.54, 1.807) is 0 Å².